The fourth-order valence-electron chi connectivity index (χ4n) is 0.809. The molecular formula is C8H3F2NO2. The van der Waals surface area contributed by atoms with E-state index >= 15 is 0 Å². The summed E-state index contributed by atoms with van der Waals surface area (Å²) in [4.78, 5) is 10.3. The van der Waals surface area contributed by atoms with E-state index in [2.05, 4.69) is 0 Å². The number of carbonyl (C=O) groups is 1. The molecule has 5 heteroatoms. The SMILES string of the molecule is N#Cc1cc(F)c(F)c(C(=O)O)c1. The van der Waals surface area contributed by atoms with Crippen molar-refractivity contribution in [2.45, 2.75) is 0 Å². The van der Waals surface area contributed by atoms with Crippen LogP contribution in [0, 0.1) is 23.0 Å². The van der Waals surface area contributed by atoms with Crippen molar-refractivity contribution in [3.8, 4) is 6.07 Å². The minimum absolute atomic E-state index is 0.226. The highest BCUT2D eigenvalue weighted by Gasteiger charge is 2.15. The van der Waals surface area contributed by atoms with E-state index in [0.717, 1.165) is 6.07 Å². The molecule has 0 heterocycles. The zero-order valence-corrected chi connectivity index (χ0v) is 6.21. The molecule has 66 valence electrons. The van der Waals surface area contributed by atoms with Gasteiger partial charge in [-0.15, -0.1) is 0 Å². The van der Waals surface area contributed by atoms with E-state index in [-0.39, 0.29) is 5.56 Å². The Morgan fingerprint density at radius 3 is 2.54 bits per heavy atom. The van der Waals surface area contributed by atoms with Gasteiger partial charge in [-0.3, -0.25) is 0 Å². The first-order valence-electron chi connectivity index (χ1n) is 3.18. The van der Waals surface area contributed by atoms with Gasteiger partial charge in [0, 0.05) is 0 Å². The van der Waals surface area contributed by atoms with Crippen LogP contribution < -0.4 is 0 Å². The number of halogens is 2. The Labute approximate surface area is 71.8 Å². The van der Waals surface area contributed by atoms with Gasteiger partial charge < -0.3 is 5.11 Å². The maximum absolute atomic E-state index is 12.7. The smallest absolute Gasteiger partial charge is 0.338 e. The van der Waals surface area contributed by atoms with Gasteiger partial charge in [0.2, 0.25) is 0 Å². The molecule has 1 rings (SSSR count). The van der Waals surface area contributed by atoms with Gasteiger partial charge in [-0.25, -0.2) is 13.6 Å². The topological polar surface area (TPSA) is 61.1 Å². The Balaban J connectivity index is 3.44. The maximum Gasteiger partial charge on any atom is 0.338 e. The van der Waals surface area contributed by atoms with Crippen molar-refractivity contribution in [3.63, 3.8) is 0 Å². The fourth-order valence-corrected chi connectivity index (χ4v) is 0.809. The van der Waals surface area contributed by atoms with Crippen LogP contribution in [-0.2, 0) is 0 Å². The van der Waals surface area contributed by atoms with Gasteiger partial charge >= 0.3 is 5.97 Å². The van der Waals surface area contributed by atoms with Crippen molar-refractivity contribution >= 4 is 5.97 Å². The third-order valence-electron chi connectivity index (χ3n) is 1.39. The maximum atomic E-state index is 12.7. The van der Waals surface area contributed by atoms with Crippen LogP contribution >= 0.6 is 0 Å². The van der Waals surface area contributed by atoms with Crippen LogP contribution in [0.4, 0.5) is 8.78 Å². The van der Waals surface area contributed by atoms with Crippen LogP contribution in [-0.4, -0.2) is 11.1 Å². The Kier molecular flexibility index (Phi) is 2.24. The minimum atomic E-state index is -1.60. The molecular weight excluding hydrogens is 180 g/mol. The van der Waals surface area contributed by atoms with Crippen molar-refractivity contribution in [2.75, 3.05) is 0 Å². The predicted molar refractivity (Wildman–Crippen MR) is 38.0 cm³/mol. The largest absolute Gasteiger partial charge is 0.478 e. The highest BCUT2D eigenvalue weighted by Crippen LogP contribution is 2.14. The molecule has 0 amide bonds. The van der Waals surface area contributed by atoms with E-state index in [1.165, 1.54) is 6.07 Å². The molecule has 13 heavy (non-hydrogen) atoms. The van der Waals surface area contributed by atoms with E-state index in [9.17, 15) is 13.6 Å². The highest BCUT2D eigenvalue weighted by molar-refractivity contribution is 5.88. The van der Waals surface area contributed by atoms with E-state index in [0.29, 0.717) is 6.07 Å². The molecule has 0 atom stereocenters. The van der Waals surface area contributed by atoms with Crippen molar-refractivity contribution in [3.05, 3.63) is 34.9 Å². The third-order valence-corrected chi connectivity index (χ3v) is 1.39. The molecule has 0 fully saturated rings. The number of hydrogen-bond donors (Lipinski definition) is 1. The molecule has 1 aromatic carbocycles. The van der Waals surface area contributed by atoms with Crippen LogP contribution in [0.1, 0.15) is 15.9 Å². The first-order chi connectivity index (χ1) is 6.06. The van der Waals surface area contributed by atoms with Crippen molar-refractivity contribution in [1.29, 1.82) is 5.26 Å². The predicted octanol–water partition coefficient (Wildman–Crippen LogP) is 1.53. The number of nitriles is 1. The molecule has 0 aromatic heterocycles. The molecule has 0 unspecified atom stereocenters. The average molecular weight is 183 g/mol. The van der Waals surface area contributed by atoms with Gasteiger partial charge in [0.05, 0.1) is 17.2 Å². The molecule has 0 saturated carbocycles. The Morgan fingerprint density at radius 1 is 1.46 bits per heavy atom. The molecule has 1 N–H and O–H groups in total. The van der Waals surface area contributed by atoms with Crippen LogP contribution in [0.25, 0.3) is 0 Å². The van der Waals surface area contributed by atoms with E-state index in [1.807, 2.05) is 0 Å². The molecule has 0 spiro atoms. The van der Waals surface area contributed by atoms with Gasteiger partial charge in [0.15, 0.2) is 11.6 Å². The zero-order chi connectivity index (χ0) is 10.0. The average Bonchev–Trinajstić information content (AvgIpc) is 2.09. The van der Waals surface area contributed by atoms with Crippen LogP contribution in [0.5, 0.6) is 0 Å². The van der Waals surface area contributed by atoms with Crippen LogP contribution in [0.15, 0.2) is 12.1 Å². The lowest BCUT2D eigenvalue weighted by Crippen LogP contribution is -2.03. The number of carboxylic acids is 1. The minimum Gasteiger partial charge on any atom is -0.478 e. The lowest BCUT2D eigenvalue weighted by atomic mass is 10.1. The van der Waals surface area contributed by atoms with Crippen molar-refractivity contribution in [2.24, 2.45) is 0 Å². The Bertz CT molecular complexity index is 409. The van der Waals surface area contributed by atoms with Crippen LogP contribution in [0.3, 0.4) is 0 Å². The molecule has 0 aliphatic carbocycles. The number of aromatic carboxylic acids is 1. The highest BCUT2D eigenvalue weighted by atomic mass is 19.2. The summed E-state index contributed by atoms with van der Waals surface area (Å²) in [6.45, 7) is 0. The summed E-state index contributed by atoms with van der Waals surface area (Å²) in [6.07, 6.45) is 0. The molecule has 0 aliphatic heterocycles. The lowest BCUT2D eigenvalue weighted by molar-refractivity contribution is 0.0690. The second-order valence-electron chi connectivity index (χ2n) is 2.24. The summed E-state index contributed by atoms with van der Waals surface area (Å²) < 4.78 is 25.3. The standard InChI is InChI=1S/C8H3F2NO2/c9-6-2-4(3-11)1-5(7(6)10)8(12)13/h1-2H,(H,12,13). The van der Waals surface area contributed by atoms with Gasteiger partial charge in [-0.1, -0.05) is 0 Å². The summed E-state index contributed by atoms with van der Waals surface area (Å²) >= 11 is 0. The molecule has 0 bridgehead atoms. The normalized spacial score (nSPS) is 9.31. The quantitative estimate of drug-likeness (QED) is 0.718. The Hall–Kier alpha value is -1.96. The van der Waals surface area contributed by atoms with E-state index in [1.54, 1.807) is 0 Å². The first kappa shape index (κ1) is 9.13. The molecule has 0 aliphatic rings. The zero-order valence-electron chi connectivity index (χ0n) is 6.21. The first-order valence-corrected chi connectivity index (χ1v) is 3.18. The molecule has 0 radical (unpaired) electrons. The molecule has 0 saturated heterocycles. The second kappa shape index (κ2) is 3.19. The van der Waals surface area contributed by atoms with Crippen LogP contribution in [0.2, 0.25) is 0 Å². The van der Waals surface area contributed by atoms with Gasteiger partial charge in [0.1, 0.15) is 0 Å². The monoisotopic (exact) mass is 183 g/mol. The summed E-state index contributed by atoms with van der Waals surface area (Å²) in [5.41, 5.74) is -1.06. The number of benzene rings is 1. The third kappa shape index (κ3) is 1.62. The fraction of sp³-hybridized carbons (Fsp3) is 0. The van der Waals surface area contributed by atoms with Crippen molar-refractivity contribution in [1.82, 2.24) is 0 Å². The summed E-state index contributed by atoms with van der Waals surface area (Å²) in [6, 6.07) is 2.94. The number of carboxylic acid groups (broad SMARTS) is 1. The van der Waals surface area contributed by atoms with Gasteiger partial charge in [-0.05, 0) is 12.1 Å². The van der Waals surface area contributed by atoms with Gasteiger partial charge in [-0.2, -0.15) is 5.26 Å². The van der Waals surface area contributed by atoms with Gasteiger partial charge in [0.25, 0.3) is 0 Å². The lowest BCUT2D eigenvalue weighted by Gasteiger charge is -1.98. The van der Waals surface area contributed by atoms with E-state index in [4.69, 9.17) is 10.4 Å². The molecule has 1 aromatic rings. The summed E-state index contributed by atoms with van der Waals surface area (Å²) in [7, 11) is 0. The number of hydrogen-bond acceptors (Lipinski definition) is 2. The molecule has 3 nitrogen and oxygen atoms in total. The Morgan fingerprint density at radius 2 is 2.08 bits per heavy atom. The second-order valence-corrected chi connectivity index (χ2v) is 2.24. The summed E-state index contributed by atoms with van der Waals surface area (Å²) in [5, 5.41) is 16.7. The van der Waals surface area contributed by atoms with Crippen molar-refractivity contribution < 1.29 is 18.7 Å². The van der Waals surface area contributed by atoms with E-state index < -0.39 is 23.2 Å². The summed E-state index contributed by atoms with van der Waals surface area (Å²) in [5.74, 6) is -4.39. The number of rotatable bonds is 1. The number of nitrogens with zero attached hydrogens (tertiary/aromatic N) is 1.